The van der Waals surface area contributed by atoms with E-state index in [0.717, 1.165) is 16.0 Å². The van der Waals surface area contributed by atoms with Crippen LogP contribution in [0.1, 0.15) is 15.7 Å². The molecular formula is C13H10ClF2N3S. The summed E-state index contributed by atoms with van der Waals surface area (Å²) in [6.07, 6.45) is 1.72. The van der Waals surface area contributed by atoms with Crippen LogP contribution in [0.2, 0.25) is 0 Å². The Hall–Kier alpha value is -1.53. The van der Waals surface area contributed by atoms with Gasteiger partial charge >= 0.3 is 0 Å². The molecule has 0 atom stereocenters. The second-order valence-electron chi connectivity index (χ2n) is 4.32. The third-order valence-corrected chi connectivity index (χ3v) is 4.12. The molecule has 1 aromatic carbocycles. The second-order valence-corrected chi connectivity index (χ2v) is 5.91. The number of benzene rings is 1. The van der Waals surface area contributed by atoms with Gasteiger partial charge in [0.1, 0.15) is 11.3 Å². The molecule has 0 unspecified atom stereocenters. The number of hydrogen-bond acceptors (Lipinski definition) is 3. The van der Waals surface area contributed by atoms with Crippen LogP contribution in [-0.2, 0) is 12.4 Å². The van der Waals surface area contributed by atoms with Crippen molar-refractivity contribution >= 4 is 34.0 Å². The highest BCUT2D eigenvalue weighted by atomic mass is 35.5. The van der Waals surface area contributed by atoms with E-state index < -0.39 is 11.6 Å². The smallest absolute Gasteiger partial charge is 0.184 e. The van der Waals surface area contributed by atoms with Crippen molar-refractivity contribution in [3.8, 4) is 0 Å². The SMILES string of the molecule is Cc1ncc(Cn2c(CCl)nc3ccc(F)c(F)c32)s1. The molecule has 0 saturated heterocycles. The highest BCUT2D eigenvalue weighted by Crippen LogP contribution is 2.25. The summed E-state index contributed by atoms with van der Waals surface area (Å²) >= 11 is 7.36. The number of hydrogen-bond donors (Lipinski definition) is 0. The fourth-order valence-electron chi connectivity index (χ4n) is 2.11. The number of halogens is 3. The van der Waals surface area contributed by atoms with Crippen LogP contribution in [0, 0.1) is 18.6 Å². The first kappa shape index (κ1) is 13.5. The van der Waals surface area contributed by atoms with Gasteiger partial charge in [0.25, 0.3) is 0 Å². The van der Waals surface area contributed by atoms with Gasteiger partial charge in [0.2, 0.25) is 0 Å². The van der Waals surface area contributed by atoms with E-state index in [4.69, 9.17) is 11.6 Å². The van der Waals surface area contributed by atoms with Crippen LogP contribution in [0.4, 0.5) is 8.78 Å². The van der Waals surface area contributed by atoms with Gasteiger partial charge < -0.3 is 4.57 Å². The summed E-state index contributed by atoms with van der Waals surface area (Å²) in [7, 11) is 0. The first-order valence-corrected chi connectivity index (χ1v) is 7.25. The highest BCUT2D eigenvalue weighted by Gasteiger charge is 2.17. The molecule has 0 aliphatic rings. The van der Waals surface area contributed by atoms with Crippen LogP contribution < -0.4 is 0 Å². The summed E-state index contributed by atoms with van der Waals surface area (Å²) in [6.45, 7) is 2.27. The van der Waals surface area contributed by atoms with E-state index in [1.165, 1.54) is 17.4 Å². The van der Waals surface area contributed by atoms with Gasteiger partial charge in [-0.25, -0.2) is 18.7 Å². The molecule has 0 amide bonds. The zero-order valence-electron chi connectivity index (χ0n) is 10.5. The lowest BCUT2D eigenvalue weighted by Gasteiger charge is -2.06. The first-order valence-electron chi connectivity index (χ1n) is 5.90. The lowest BCUT2D eigenvalue weighted by Crippen LogP contribution is -2.04. The quantitative estimate of drug-likeness (QED) is 0.687. The van der Waals surface area contributed by atoms with Crippen LogP contribution in [0.3, 0.4) is 0 Å². The lowest BCUT2D eigenvalue weighted by molar-refractivity contribution is 0.512. The molecule has 2 heterocycles. The Morgan fingerprint density at radius 3 is 2.80 bits per heavy atom. The molecule has 104 valence electrons. The van der Waals surface area contributed by atoms with Crippen molar-refractivity contribution in [3.63, 3.8) is 0 Å². The maximum atomic E-state index is 14.0. The van der Waals surface area contributed by atoms with Crippen molar-refractivity contribution in [1.82, 2.24) is 14.5 Å². The molecule has 0 N–H and O–H groups in total. The number of nitrogens with zero attached hydrogens (tertiary/aromatic N) is 3. The number of alkyl halides is 1. The molecule has 0 aliphatic heterocycles. The van der Waals surface area contributed by atoms with Gasteiger partial charge in [0, 0.05) is 11.1 Å². The fourth-order valence-corrected chi connectivity index (χ4v) is 3.10. The van der Waals surface area contributed by atoms with Gasteiger partial charge in [-0.2, -0.15) is 0 Å². The van der Waals surface area contributed by atoms with E-state index in [-0.39, 0.29) is 11.4 Å². The number of aromatic nitrogens is 3. The Balaban J connectivity index is 2.19. The summed E-state index contributed by atoms with van der Waals surface area (Å²) in [5.41, 5.74) is 0.549. The van der Waals surface area contributed by atoms with E-state index >= 15 is 0 Å². The molecule has 3 nitrogen and oxygen atoms in total. The minimum Gasteiger partial charge on any atom is -0.319 e. The van der Waals surface area contributed by atoms with E-state index in [1.807, 2.05) is 6.92 Å². The van der Waals surface area contributed by atoms with Gasteiger partial charge in [0.15, 0.2) is 11.6 Å². The van der Waals surface area contributed by atoms with Gasteiger partial charge in [-0.15, -0.1) is 22.9 Å². The minimum absolute atomic E-state index is 0.132. The van der Waals surface area contributed by atoms with Crippen LogP contribution in [0.15, 0.2) is 18.3 Å². The average Bonchev–Trinajstić information content (AvgIpc) is 2.99. The zero-order valence-corrected chi connectivity index (χ0v) is 12.1. The van der Waals surface area contributed by atoms with Crippen molar-refractivity contribution in [2.45, 2.75) is 19.3 Å². The number of thiazole rings is 1. The maximum Gasteiger partial charge on any atom is 0.184 e. The molecule has 0 bridgehead atoms. The molecule has 0 spiro atoms. The monoisotopic (exact) mass is 313 g/mol. The third-order valence-electron chi connectivity index (χ3n) is 2.98. The molecule has 0 saturated carbocycles. The minimum atomic E-state index is -0.896. The topological polar surface area (TPSA) is 30.7 Å². The van der Waals surface area contributed by atoms with E-state index in [2.05, 4.69) is 9.97 Å². The first-order chi connectivity index (χ1) is 9.60. The van der Waals surface area contributed by atoms with Gasteiger partial charge in [0.05, 0.1) is 22.9 Å². The fraction of sp³-hybridized carbons (Fsp3) is 0.231. The lowest BCUT2D eigenvalue weighted by atomic mass is 10.3. The Kier molecular flexibility index (Phi) is 3.43. The van der Waals surface area contributed by atoms with E-state index in [9.17, 15) is 8.78 Å². The van der Waals surface area contributed by atoms with Crippen molar-refractivity contribution in [1.29, 1.82) is 0 Å². The van der Waals surface area contributed by atoms with Crippen molar-refractivity contribution in [2.24, 2.45) is 0 Å². The van der Waals surface area contributed by atoms with Gasteiger partial charge in [-0.05, 0) is 19.1 Å². The predicted molar refractivity (Wildman–Crippen MR) is 75.2 cm³/mol. The summed E-state index contributed by atoms with van der Waals surface area (Å²) in [5.74, 6) is -1.14. The van der Waals surface area contributed by atoms with Crippen LogP contribution in [-0.4, -0.2) is 14.5 Å². The van der Waals surface area contributed by atoms with Gasteiger partial charge in [-0.1, -0.05) is 0 Å². The molecule has 0 fully saturated rings. The zero-order chi connectivity index (χ0) is 14.3. The van der Waals surface area contributed by atoms with Crippen LogP contribution >= 0.6 is 22.9 Å². The van der Waals surface area contributed by atoms with E-state index in [0.29, 0.717) is 17.9 Å². The van der Waals surface area contributed by atoms with Crippen molar-refractivity contribution in [2.75, 3.05) is 0 Å². The van der Waals surface area contributed by atoms with Crippen molar-refractivity contribution < 1.29 is 8.78 Å². The predicted octanol–water partition coefficient (Wildman–Crippen LogP) is 3.87. The van der Waals surface area contributed by atoms with E-state index in [1.54, 1.807) is 10.8 Å². The Morgan fingerprint density at radius 2 is 2.15 bits per heavy atom. The van der Waals surface area contributed by atoms with Crippen molar-refractivity contribution in [3.05, 3.63) is 45.7 Å². The molecule has 2 aromatic heterocycles. The normalized spacial score (nSPS) is 11.4. The largest absolute Gasteiger partial charge is 0.319 e. The molecule has 0 radical (unpaired) electrons. The number of aryl methyl sites for hydroxylation is 1. The standard InChI is InChI=1S/C13H10ClF2N3S/c1-7-17-5-8(20-7)6-19-11(4-14)18-10-3-2-9(15)12(16)13(10)19/h2-3,5H,4,6H2,1H3. The molecule has 20 heavy (non-hydrogen) atoms. The van der Waals surface area contributed by atoms with Crippen LogP contribution in [0.25, 0.3) is 11.0 Å². The van der Waals surface area contributed by atoms with Gasteiger partial charge in [-0.3, -0.25) is 0 Å². The summed E-state index contributed by atoms with van der Waals surface area (Å²) in [4.78, 5) is 9.34. The maximum absolute atomic E-state index is 14.0. The van der Waals surface area contributed by atoms with Crippen LogP contribution in [0.5, 0.6) is 0 Å². The summed E-state index contributed by atoms with van der Waals surface area (Å²) in [5, 5.41) is 0.920. The Labute approximate surface area is 122 Å². The summed E-state index contributed by atoms with van der Waals surface area (Å²) < 4.78 is 29.1. The molecule has 7 heteroatoms. The number of rotatable bonds is 3. The molecule has 3 rings (SSSR count). The number of imidazole rings is 1. The Morgan fingerprint density at radius 1 is 1.35 bits per heavy atom. The third kappa shape index (κ3) is 2.19. The number of fused-ring (bicyclic) bond motifs is 1. The molecule has 0 aliphatic carbocycles. The average molecular weight is 314 g/mol. The Bertz CT molecular complexity index is 781. The summed E-state index contributed by atoms with van der Waals surface area (Å²) in [6, 6.07) is 2.53. The second kappa shape index (κ2) is 5.10. The highest BCUT2D eigenvalue weighted by molar-refractivity contribution is 7.11. The molecular weight excluding hydrogens is 304 g/mol. The molecule has 3 aromatic rings.